The number of primary amides is 1. The lowest BCUT2D eigenvalue weighted by atomic mass is 9.91. The number of aromatic carboxylic acids is 1. The number of amides is 2. The minimum atomic E-state index is -3.33. The smallest absolute Gasteiger partial charge is 0.387 e. The number of halogens is 3. The third-order valence-electron chi connectivity index (χ3n) is 6.95. The second-order valence-corrected chi connectivity index (χ2v) is 9.12. The molecule has 2 aromatic rings. The van der Waals surface area contributed by atoms with Crippen molar-refractivity contribution in [3.05, 3.63) is 33.9 Å². The van der Waals surface area contributed by atoms with Crippen molar-refractivity contribution in [2.24, 2.45) is 11.7 Å². The molecule has 5 rings (SSSR count). The first kappa shape index (κ1) is 23.3. The third-order valence-corrected chi connectivity index (χ3v) is 6.95. The largest absolute Gasteiger partial charge is 0.477 e. The number of aromatic nitrogens is 1. The quantitative estimate of drug-likeness (QED) is 0.534. The average Bonchev–Trinajstić information content (AvgIpc) is 3.45. The lowest BCUT2D eigenvalue weighted by Crippen LogP contribution is -2.49. The van der Waals surface area contributed by atoms with Gasteiger partial charge in [-0.2, -0.15) is 8.78 Å². The van der Waals surface area contributed by atoms with Gasteiger partial charge in [0.15, 0.2) is 11.6 Å². The van der Waals surface area contributed by atoms with E-state index in [0.29, 0.717) is 25.9 Å². The Morgan fingerprint density at radius 1 is 1.34 bits per heavy atom. The fourth-order valence-electron chi connectivity index (χ4n) is 5.26. The molecule has 2 amide bonds. The molecule has 3 fully saturated rings. The lowest BCUT2D eigenvalue weighted by molar-refractivity contribution is -0.0488. The Hall–Kier alpha value is -3.48. The van der Waals surface area contributed by atoms with E-state index in [0.717, 1.165) is 12.3 Å². The van der Waals surface area contributed by atoms with E-state index >= 15 is 4.39 Å². The number of alkyl halides is 2. The second kappa shape index (κ2) is 8.33. The molecular formula is C22H23F3N4O6. The molecule has 1 aromatic carbocycles. The summed E-state index contributed by atoms with van der Waals surface area (Å²) in [6, 6.07) is -0.116. The Balaban J connectivity index is 1.69. The van der Waals surface area contributed by atoms with E-state index in [1.165, 1.54) is 9.47 Å². The van der Waals surface area contributed by atoms with Crippen LogP contribution in [0.2, 0.25) is 0 Å². The van der Waals surface area contributed by atoms with Crippen LogP contribution in [0.3, 0.4) is 0 Å². The molecule has 1 saturated carbocycles. The average molecular weight is 496 g/mol. The molecule has 188 valence electrons. The highest BCUT2D eigenvalue weighted by molar-refractivity contribution is 5.97. The van der Waals surface area contributed by atoms with Crippen LogP contribution in [-0.4, -0.2) is 60.1 Å². The number of rotatable bonds is 7. The molecule has 0 radical (unpaired) electrons. The number of nitrogens with two attached hydrogens (primary N) is 1. The monoisotopic (exact) mass is 496 g/mol. The van der Waals surface area contributed by atoms with Gasteiger partial charge in [0.05, 0.1) is 17.4 Å². The summed E-state index contributed by atoms with van der Waals surface area (Å²) in [5, 5.41) is 11.6. The number of ether oxygens (including phenoxy) is 2. The number of hydrogen-bond acceptors (Lipinski definition) is 6. The molecule has 1 aromatic heterocycles. The third kappa shape index (κ3) is 3.93. The van der Waals surface area contributed by atoms with Crippen LogP contribution in [0.5, 0.6) is 5.75 Å². The van der Waals surface area contributed by atoms with Crippen molar-refractivity contribution in [1.82, 2.24) is 9.88 Å². The van der Waals surface area contributed by atoms with Crippen molar-refractivity contribution in [1.29, 1.82) is 0 Å². The van der Waals surface area contributed by atoms with Crippen molar-refractivity contribution < 1.29 is 37.3 Å². The van der Waals surface area contributed by atoms with Crippen molar-refractivity contribution in [2.45, 2.75) is 37.5 Å². The van der Waals surface area contributed by atoms with Gasteiger partial charge in [-0.3, -0.25) is 4.79 Å². The molecule has 2 aliphatic heterocycles. The summed E-state index contributed by atoms with van der Waals surface area (Å²) < 4.78 is 54.9. The Kier molecular flexibility index (Phi) is 5.54. The summed E-state index contributed by atoms with van der Waals surface area (Å²) >= 11 is 0. The summed E-state index contributed by atoms with van der Waals surface area (Å²) in [7, 11) is 0. The minimum absolute atomic E-state index is 0.0541. The molecule has 4 N–H and O–H groups in total. The fourth-order valence-corrected chi connectivity index (χ4v) is 5.26. The van der Waals surface area contributed by atoms with Crippen LogP contribution in [0.25, 0.3) is 10.9 Å². The maximum atomic E-state index is 15.6. The van der Waals surface area contributed by atoms with Gasteiger partial charge in [0.25, 0.3) is 0 Å². The molecule has 2 atom stereocenters. The van der Waals surface area contributed by atoms with Crippen molar-refractivity contribution in [2.75, 3.05) is 31.1 Å². The van der Waals surface area contributed by atoms with Crippen LogP contribution in [0.1, 0.15) is 35.7 Å². The van der Waals surface area contributed by atoms with E-state index in [9.17, 15) is 28.3 Å². The molecule has 35 heavy (non-hydrogen) atoms. The first-order chi connectivity index (χ1) is 16.6. The highest BCUT2D eigenvalue weighted by Crippen LogP contribution is 2.48. The van der Waals surface area contributed by atoms with Gasteiger partial charge in [0.1, 0.15) is 16.9 Å². The number of carboxylic acids is 1. The number of nitrogens with zero attached hydrogens (tertiary/aromatic N) is 2. The van der Waals surface area contributed by atoms with Gasteiger partial charge in [0.2, 0.25) is 5.43 Å². The molecule has 3 heterocycles. The van der Waals surface area contributed by atoms with Gasteiger partial charge in [-0.05, 0) is 25.3 Å². The zero-order chi connectivity index (χ0) is 25.1. The van der Waals surface area contributed by atoms with E-state index < -0.39 is 46.8 Å². The second-order valence-electron chi connectivity index (χ2n) is 9.12. The molecular weight excluding hydrogens is 473 g/mol. The van der Waals surface area contributed by atoms with Crippen molar-refractivity contribution in [3.63, 3.8) is 0 Å². The van der Waals surface area contributed by atoms with E-state index in [2.05, 4.69) is 5.32 Å². The number of carboxylic acid groups (broad SMARTS) is 1. The molecule has 13 heteroatoms. The highest BCUT2D eigenvalue weighted by Gasteiger charge is 2.52. The van der Waals surface area contributed by atoms with Crippen LogP contribution >= 0.6 is 0 Å². The predicted molar refractivity (Wildman–Crippen MR) is 117 cm³/mol. The van der Waals surface area contributed by atoms with Gasteiger partial charge in [0, 0.05) is 37.9 Å². The topological polar surface area (TPSA) is 136 Å². The number of anilines is 1. The minimum Gasteiger partial charge on any atom is -0.477 e. The number of urea groups is 1. The van der Waals surface area contributed by atoms with Crippen molar-refractivity contribution >= 4 is 28.6 Å². The standard InChI is InChI=1S/C22H23F3N4O6/c23-14-5-12-15(29(11-1-2-11)7-13(17(12)30)19(31)32)18(35-20(24)25)16(14)28-6-10-3-4-34-22(10,9-28)8-27-21(26)33/h5,7,10-11,20H,1-4,6,8-9H2,(H,31,32)(H3,26,27,33). The SMILES string of the molecule is NC(=O)NCC12CN(c3c(F)cc4c(=O)c(C(=O)O)cn(C5CC5)c4c3OC(F)F)CC1CCO2. The molecule has 10 nitrogen and oxygen atoms in total. The van der Waals surface area contributed by atoms with Gasteiger partial charge < -0.3 is 35.1 Å². The molecule has 0 spiro atoms. The number of benzene rings is 1. The van der Waals surface area contributed by atoms with Gasteiger partial charge in [-0.1, -0.05) is 0 Å². The fraction of sp³-hybridized carbons (Fsp3) is 0.500. The normalized spacial score (nSPS) is 23.7. The molecule has 3 aliphatic rings. The van der Waals surface area contributed by atoms with E-state index in [1.807, 2.05) is 0 Å². The molecule has 2 unspecified atom stereocenters. The zero-order valence-electron chi connectivity index (χ0n) is 18.4. The first-order valence-corrected chi connectivity index (χ1v) is 11.1. The summed E-state index contributed by atoms with van der Waals surface area (Å²) in [6.45, 7) is -2.58. The molecule has 2 saturated heterocycles. The number of pyridine rings is 1. The number of fused-ring (bicyclic) bond motifs is 2. The Morgan fingerprint density at radius 3 is 2.71 bits per heavy atom. The highest BCUT2D eigenvalue weighted by atomic mass is 19.3. The Bertz CT molecular complexity index is 1280. The van der Waals surface area contributed by atoms with Crippen molar-refractivity contribution in [3.8, 4) is 5.75 Å². The predicted octanol–water partition coefficient (Wildman–Crippen LogP) is 2.04. The number of carbonyl (C=O) groups excluding carboxylic acids is 1. The van der Waals surface area contributed by atoms with Crippen LogP contribution in [0.4, 0.5) is 23.7 Å². The van der Waals surface area contributed by atoms with E-state index in [1.54, 1.807) is 0 Å². The number of nitrogens with one attached hydrogen (secondary N) is 1. The molecule has 1 aliphatic carbocycles. The summed E-state index contributed by atoms with van der Waals surface area (Å²) in [5.41, 5.74) is 2.38. The van der Waals surface area contributed by atoms with Gasteiger partial charge in [-0.15, -0.1) is 0 Å². The Morgan fingerprint density at radius 2 is 2.09 bits per heavy atom. The number of hydrogen-bond donors (Lipinski definition) is 3. The van der Waals surface area contributed by atoms with E-state index in [-0.39, 0.29) is 48.2 Å². The summed E-state index contributed by atoms with van der Waals surface area (Å²) in [5.74, 6) is -3.19. The number of carbonyl (C=O) groups is 2. The molecule has 0 bridgehead atoms. The van der Waals surface area contributed by atoms with Gasteiger partial charge in [-0.25, -0.2) is 14.0 Å². The lowest BCUT2D eigenvalue weighted by Gasteiger charge is -2.29. The Labute approximate surface area is 196 Å². The van der Waals surface area contributed by atoms with E-state index in [4.69, 9.17) is 15.2 Å². The van der Waals surface area contributed by atoms with Crippen LogP contribution in [0, 0.1) is 11.7 Å². The van der Waals surface area contributed by atoms with Crippen LogP contribution in [-0.2, 0) is 4.74 Å². The maximum Gasteiger partial charge on any atom is 0.387 e. The zero-order valence-corrected chi connectivity index (χ0v) is 18.4. The van der Waals surface area contributed by atoms with Crippen LogP contribution < -0.4 is 26.1 Å². The van der Waals surface area contributed by atoms with Gasteiger partial charge >= 0.3 is 18.6 Å². The first-order valence-electron chi connectivity index (χ1n) is 11.1. The van der Waals surface area contributed by atoms with Crippen LogP contribution in [0.15, 0.2) is 17.1 Å². The summed E-state index contributed by atoms with van der Waals surface area (Å²) in [4.78, 5) is 37.3. The maximum absolute atomic E-state index is 15.6. The summed E-state index contributed by atoms with van der Waals surface area (Å²) in [6.07, 6.45) is 2.98.